The van der Waals surface area contributed by atoms with Crippen LogP contribution in [0.4, 0.5) is 5.95 Å². The van der Waals surface area contributed by atoms with Crippen LogP contribution >= 0.6 is 23.2 Å². The van der Waals surface area contributed by atoms with E-state index in [0.29, 0.717) is 5.82 Å². The van der Waals surface area contributed by atoms with Crippen LogP contribution in [-0.2, 0) is 0 Å². The van der Waals surface area contributed by atoms with Gasteiger partial charge in [0.1, 0.15) is 5.82 Å². The van der Waals surface area contributed by atoms with Gasteiger partial charge in [-0.3, -0.25) is 15.2 Å². The fraction of sp³-hybridized carbons (Fsp3) is 0.100. The molecule has 2 rings (SSSR count). The lowest BCUT2D eigenvalue weighted by atomic mass is 10.2. The van der Waals surface area contributed by atoms with Crippen molar-refractivity contribution in [3.05, 3.63) is 39.6 Å². The molecule has 1 amide bonds. The Balaban J connectivity index is 2.26. The van der Waals surface area contributed by atoms with Gasteiger partial charge in [-0.15, -0.1) is 5.10 Å². The summed E-state index contributed by atoms with van der Waals surface area (Å²) in [5.74, 6) is 0.341. The summed E-state index contributed by atoms with van der Waals surface area (Å²) in [5.41, 5.74) is 0.207. The van der Waals surface area contributed by atoms with Crippen LogP contribution in [0.5, 0.6) is 0 Å². The number of H-pyrrole nitrogens is 1. The molecule has 1 aromatic carbocycles. The van der Waals surface area contributed by atoms with Crippen molar-refractivity contribution < 1.29 is 4.79 Å². The second kappa shape index (κ2) is 4.73. The fourth-order valence-electron chi connectivity index (χ4n) is 1.28. The lowest BCUT2D eigenvalue weighted by molar-refractivity contribution is 0.102. The molecule has 2 aromatic rings. The number of halogens is 2. The number of nitrogens with one attached hydrogen (secondary N) is 2. The van der Waals surface area contributed by atoms with E-state index in [2.05, 4.69) is 20.5 Å². The number of amides is 1. The lowest BCUT2D eigenvalue weighted by Crippen LogP contribution is -2.14. The zero-order valence-corrected chi connectivity index (χ0v) is 10.3. The first-order valence-electron chi connectivity index (χ1n) is 4.72. The van der Waals surface area contributed by atoms with Crippen LogP contribution in [0.3, 0.4) is 0 Å². The van der Waals surface area contributed by atoms with Crippen LogP contribution in [0.15, 0.2) is 18.2 Å². The lowest BCUT2D eigenvalue weighted by Gasteiger charge is -2.05. The average molecular weight is 271 g/mol. The number of hydrogen-bond donors (Lipinski definition) is 2. The minimum atomic E-state index is -0.445. The smallest absolute Gasteiger partial charge is 0.261 e. The van der Waals surface area contributed by atoms with Gasteiger partial charge in [-0.2, -0.15) is 4.98 Å². The highest BCUT2D eigenvalue weighted by atomic mass is 35.5. The molecule has 0 spiro atoms. The molecule has 0 unspecified atom stereocenters. The predicted molar refractivity (Wildman–Crippen MR) is 65.5 cm³/mol. The maximum atomic E-state index is 11.9. The van der Waals surface area contributed by atoms with E-state index in [1.165, 1.54) is 0 Å². The molecule has 0 fully saturated rings. The highest BCUT2D eigenvalue weighted by molar-refractivity contribution is 6.40. The molecule has 0 bridgehead atoms. The average Bonchev–Trinajstić information content (AvgIpc) is 2.63. The zero-order valence-electron chi connectivity index (χ0n) is 8.79. The number of hydrogen-bond acceptors (Lipinski definition) is 3. The van der Waals surface area contributed by atoms with Crippen molar-refractivity contribution in [3.8, 4) is 0 Å². The number of aryl methyl sites for hydroxylation is 1. The molecule has 1 aromatic heterocycles. The van der Waals surface area contributed by atoms with Gasteiger partial charge in [0.25, 0.3) is 5.91 Å². The molecule has 0 aliphatic rings. The molecule has 2 N–H and O–H groups in total. The van der Waals surface area contributed by atoms with Gasteiger partial charge in [-0.05, 0) is 19.1 Å². The number of aromatic nitrogens is 3. The summed E-state index contributed by atoms with van der Waals surface area (Å²) in [6, 6.07) is 4.84. The van der Waals surface area contributed by atoms with Crippen molar-refractivity contribution >= 4 is 35.1 Å². The van der Waals surface area contributed by atoms with Gasteiger partial charge in [0.15, 0.2) is 0 Å². The Bertz CT molecular complexity index is 547. The van der Waals surface area contributed by atoms with E-state index in [4.69, 9.17) is 23.2 Å². The monoisotopic (exact) mass is 270 g/mol. The summed E-state index contributed by atoms with van der Waals surface area (Å²) in [6.45, 7) is 1.73. The van der Waals surface area contributed by atoms with Gasteiger partial charge in [-0.25, -0.2) is 0 Å². The third kappa shape index (κ3) is 2.57. The molecule has 1 heterocycles. The van der Waals surface area contributed by atoms with E-state index in [9.17, 15) is 4.79 Å². The number of rotatable bonds is 2. The van der Waals surface area contributed by atoms with Gasteiger partial charge in [0, 0.05) is 0 Å². The quantitative estimate of drug-likeness (QED) is 0.882. The number of benzene rings is 1. The minimum Gasteiger partial charge on any atom is -0.289 e. The molecule has 88 valence electrons. The second-order valence-corrected chi connectivity index (χ2v) is 4.11. The maximum Gasteiger partial charge on any atom is 0.261 e. The molecule has 0 atom stereocenters. The Morgan fingerprint density at radius 1 is 1.35 bits per heavy atom. The number of anilines is 1. The number of nitrogens with zero attached hydrogens (tertiary/aromatic N) is 2. The molecule has 0 saturated heterocycles. The molecule has 17 heavy (non-hydrogen) atoms. The van der Waals surface area contributed by atoms with Gasteiger partial charge < -0.3 is 0 Å². The number of carbonyl (C=O) groups excluding carboxylic acids is 1. The van der Waals surface area contributed by atoms with Crippen LogP contribution < -0.4 is 5.32 Å². The van der Waals surface area contributed by atoms with E-state index < -0.39 is 5.91 Å². The van der Waals surface area contributed by atoms with Crippen LogP contribution in [-0.4, -0.2) is 21.1 Å². The highest BCUT2D eigenvalue weighted by Crippen LogP contribution is 2.24. The Morgan fingerprint density at radius 3 is 2.53 bits per heavy atom. The molecular formula is C10H8Cl2N4O. The van der Waals surface area contributed by atoms with Crippen molar-refractivity contribution in [3.63, 3.8) is 0 Å². The van der Waals surface area contributed by atoms with Crippen molar-refractivity contribution in [2.75, 3.05) is 5.32 Å². The van der Waals surface area contributed by atoms with Crippen molar-refractivity contribution in [1.82, 2.24) is 15.2 Å². The zero-order chi connectivity index (χ0) is 12.4. The van der Waals surface area contributed by atoms with Gasteiger partial charge in [0.05, 0.1) is 15.6 Å². The molecule has 0 aliphatic carbocycles. The van der Waals surface area contributed by atoms with E-state index in [1.54, 1.807) is 25.1 Å². The molecule has 7 heteroatoms. The maximum absolute atomic E-state index is 11.9. The first-order chi connectivity index (χ1) is 8.08. The highest BCUT2D eigenvalue weighted by Gasteiger charge is 2.15. The Hall–Kier alpha value is -1.59. The largest absolute Gasteiger partial charge is 0.289 e. The molecular weight excluding hydrogens is 263 g/mol. The summed E-state index contributed by atoms with van der Waals surface area (Å²) >= 11 is 11.8. The first kappa shape index (κ1) is 11.9. The van der Waals surface area contributed by atoms with E-state index in [0.717, 1.165) is 0 Å². The second-order valence-electron chi connectivity index (χ2n) is 3.30. The molecule has 0 aliphatic heterocycles. The summed E-state index contributed by atoms with van der Waals surface area (Å²) in [4.78, 5) is 15.8. The molecule has 0 saturated carbocycles. The Morgan fingerprint density at radius 2 is 2.00 bits per heavy atom. The van der Waals surface area contributed by atoms with Crippen molar-refractivity contribution in [2.45, 2.75) is 6.92 Å². The fourth-order valence-corrected chi connectivity index (χ4v) is 1.85. The Kier molecular flexibility index (Phi) is 3.31. The Labute approximate surface area is 107 Å². The van der Waals surface area contributed by atoms with Crippen LogP contribution in [0.1, 0.15) is 16.2 Å². The molecule has 5 nitrogen and oxygen atoms in total. The predicted octanol–water partition coefficient (Wildman–Crippen LogP) is 2.67. The van der Waals surface area contributed by atoms with E-state index in [-0.39, 0.29) is 21.6 Å². The molecule has 0 radical (unpaired) electrons. The SMILES string of the molecule is Cc1nc(NC(=O)c2c(Cl)cccc2Cl)n[nH]1. The number of aromatic amines is 1. The van der Waals surface area contributed by atoms with Gasteiger partial charge in [0.2, 0.25) is 5.95 Å². The third-order valence-electron chi connectivity index (χ3n) is 2.01. The normalized spacial score (nSPS) is 10.3. The minimum absolute atomic E-state index is 0.184. The topological polar surface area (TPSA) is 70.7 Å². The summed E-state index contributed by atoms with van der Waals surface area (Å²) in [7, 11) is 0. The summed E-state index contributed by atoms with van der Waals surface area (Å²) in [6.07, 6.45) is 0. The van der Waals surface area contributed by atoms with Gasteiger partial charge in [-0.1, -0.05) is 29.3 Å². The van der Waals surface area contributed by atoms with Crippen LogP contribution in [0.2, 0.25) is 10.0 Å². The summed E-state index contributed by atoms with van der Waals surface area (Å²) < 4.78 is 0. The standard InChI is InChI=1S/C10H8Cl2N4O/c1-5-13-10(16-15-5)14-9(17)8-6(11)3-2-4-7(8)12/h2-4H,1H3,(H2,13,14,15,16,17). The number of carbonyl (C=O) groups is 1. The third-order valence-corrected chi connectivity index (χ3v) is 2.64. The first-order valence-corrected chi connectivity index (χ1v) is 5.48. The van der Waals surface area contributed by atoms with Crippen molar-refractivity contribution in [2.24, 2.45) is 0 Å². The van der Waals surface area contributed by atoms with Crippen molar-refractivity contribution in [1.29, 1.82) is 0 Å². The van der Waals surface area contributed by atoms with E-state index >= 15 is 0 Å². The summed E-state index contributed by atoms with van der Waals surface area (Å²) in [5, 5.41) is 9.46. The van der Waals surface area contributed by atoms with Crippen LogP contribution in [0, 0.1) is 6.92 Å². The van der Waals surface area contributed by atoms with E-state index in [1.807, 2.05) is 0 Å². The van der Waals surface area contributed by atoms with Crippen LogP contribution in [0.25, 0.3) is 0 Å². The van der Waals surface area contributed by atoms with Gasteiger partial charge >= 0.3 is 0 Å².